The third-order valence-corrected chi connectivity index (χ3v) is 2.70. The molecule has 3 heteroatoms. The van der Waals surface area contributed by atoms with Crippen LogP contribution in [0.2, 0.25) is 0 Å². The van der Waals surface area contributed by atoms with E-state index in [1.54, 1.807) is 0 Å². The Kier molecular flexibility index (Phi) is 5.58. The van der Waals surface area contributed by atoms with E-state index in [4.69, 9.17) is 4.74 Å². The van der Waals surface area contributed by atoms with Gasteiger partial charge in [-0.05, 0) is 12.8 Å². The van der Waals surface area contributed by atoms with E-state index in [1.807, 2.05) is 0 Å². The van der Waals surface area contributed by atoms with Gasteiger partial charge in [-0.1, -0.05) is 27.7 Å². The topological polar surface area (TPSA) is 33.3 Å². The summed E-state index contributed by atoms with van der Waals surface area (Å²) in [7, 11) is 0. The first kappa shape index (κ1) is 12.9. The minimum Gasteiger partial charge on any atom is -0.372 e. The van der Waals surface area contributed by atoms with Gasteiger partial charge in [-0.2, -0.15) is 0 Å². The second-order valence-corrected chi connectivity index (χ2v) is 5.08. The third-order valence-electron chi connectivity index (χ3n) is 2.70. The maximum absolute atomic E-state index is 5.94. The number of hydrogen-bond donors (Lipinski definition) is 2. The molecule has 0 spiro atoms. The zero-order valence-electron chi connectivity index (χ0n) is 10.5. The molecule has 0 aliphatic carbocycles. The first-order valence-corrected chi connectivity index (χ1v) is 6.20. The summed E-state index contributed by atoms with van der Waals surface area (Å²) in [5.74, 6) is 0. The van der Waals surface area contributed by atoms with E-state index in [0.717, 1.165) is 13.1 Å². The summed E-state index contributed by atoms with van der Waals surface area (Å²) in [6.45, 7) is 10.7. The lowest BCUT2D eigenvalue weighted by atomic mass is 10.2. The van der Waals surface area contributed by atoms with Crippen molar-refractivity contribution in [2.24, 2.45) is 0 Å². The van der Waals surface area contributed by atoms with Crippen molar-refractivity contribution in [1.29, 1.82) is 0 Å². The number of rotatable bonds is 6. The largest absolute Gasteiger partial charge is 0.372 e. The first-order valence-electron chi connectivity index (χ1n) is 6.20. The minimum atomic E-state index is 0.423. The fraction of sp³-hybridized carbons (Fsp3) is 1.00. The highest BCUT2D eigenvalue weighted by Gasteiger charge is 2.24. The van der Waals surface area contributed by atoms with Crippen LogP contribution in [0, 0.1) is 0 Å². The van der Waals surface area contributed by atoms with Gasteiger partial charge in [-0.3, -0.25) is 0 Å². The predicted octanol–water partition coefficient (Wildman–Crippen LogP) is 1.53. The van der Waals surface area contributed by atoms with Crippen molar-refractivity contribution in [3.8, 4) is 0 Å². The van der Waals surface area contributed by atoms with Gasteiger partial charge in [-0.25, -0.2) is 0 Å². The SMILES string of the molecule is CC(C)NC[C@@H]1CC[C@@H](CNC(C)C)O1. The normalized spacial score (nSPS) is 26.8. The molecule has 1 saturated heterocycles. The lowest BCUT2D eigenvalue weighted by molar-refractivity contribution is 0.0438. The molecule has 1 aliphatic heterocycles. The second kappa shape index (κ2) is 6.46. The fourth-order valence-electron chi connectivity index (χ4n) is 1.81. The van der Waals surface area contributed by atoms with Crippen LogP contribution >= 0.6 is 0 Å². The van der Waals surface area contributed by atoms with E-state index in [1.165, 1.54) is 12.8 Å². The monoisotopic (exact) mass is 214 g/mol. The van der Waals surface area contributed by atoms with Crippen molar-refractivity contribution in [2.75, 3.05) is 13.1 Å². The molecular formula is C12H26N2O. The quantitative estimate of drug-likeness (QED) is 0.703. The molecule has 1 fully saturated rings. The second-order valence-electron chi connectivity index (χ2n) is 5.08. The molecule has 0 aromatic heterocycles. The van der Waals surface area contributed by atoms with Crippen molar-refractivity contribution in [2.45, 2.75) is 64.8 Å². The maximum Gasteiger partial charge on any atom is 0.0704 e. The predicted molar refractivity (Wildman–Crippen MR) is 64.2 cm³/mol. The van der Waals surface area contributed by atoms with Gasteiger partial charge in [0, 0.05) is 25.2 Å². The maximum atomic E-state index is 5.94. The molecule has 0 bridgehead atoms. The lowest BCUT2D eigenvalue weighted by Gasteiger charge is -2.17. The zero-order chi connectivity index (χ0) is 11.3. The highest BCUT2D eigenvalue weighted by Crippen LogP contribution is 2.18. The molecule has 1 rings (SSSR count). The Balaban J connectivity index is 2.10. The van der Waals surface area contributed by atoms with Crippen LogP contribution in [-0.4, -0.2) is 37.4 Å². The van der Waals surface area contributed by atoms with Crippen LogP contribution in [0.1, 0.15) is 40.5 Å². The minimum absolute atomic E-state index is 0.423. The van der Waals surface area contributed by atoms with Crippen molar-refractivity contribution < 1.29 is 4.74 Å². The Morgan fingerprint density at radius 2 is 1.33 bits per heavy atom. The van der Waals surface area contributed by atoms with Crippen LogP contribution in [-0.2, 0) is 4.74 Å². The van der Waals surface area contributed by atoms with Crippen molar-refractivity contribution in [3.63, 3.8) is 0 Å². The highest BCUT2D eigenvalue weighted by molar-refractivity contribution is 4.77. The average Bonchev–Trinajstić information content (AvgIpc) is 2.59. The number of hydrogen-bond acceptors (Lipinski definition) is 3. The summed E-state index contributed by atoms with van der Waals surface area (Å²) in [5, 5.41) is 6.85. The van der Waals surface area contributed by atoms with Gasteiger partial charge in [0.2, 0.25) is 0 Å². The van der Waals surface area contributed by atoms with Gasteiger partial charge < -0.3 is 15.4 Å². The average molecular weight is 214 g/mol. The van der Waals surface area contributed by atoms with Gasteiger partial charge in [-0.15, -0.1) is 0 Å². The lowest BCUT2D eigenvalue weighted by Crippen LogP contribution is -2.35. The molecule has 2 N–H and O–H groups in total. The van der Waals surface area contributed by atoms with Crippen LogP contribution in [0.5, 0.6) is 0 Å². The molecule has 0 saturated carbocycles. The van der Waals surface area contributed by atoms with E-state index in [2.05, 4.69) is 38.3 Å². The molecule has 2 atom stereocenters. The van der Waals surface area contributed by atoms with E-state index in [9.17, 15) is 0 Å². The molecular weight excluding hydrogens is 188 g/mol. The Morgan fingerprint density at radius 1 is 0.933 bits per heavy atom. The summed E-state index contributed by atoms with van der Waals surface area (Å²) < 4.78 is 5.94. The summed E-state index contributed by atoms with van der Waals surface area (Å²) in [6.07, 6.45) is 3.24. The van der Waals surface area contributed by atoms with Crippen LogP contribution in [0.3, 0.4) is 0 Å². The summed E-state index contributed by atoms with van der Waals surface area (Å²) in [4.78, 5) is 0. The van der Waals surface area contributed by atoms with Crippen LogP contribution in [0.4, 0.5) is 0 Å². The van der Waals surface area contributed by atoms with Gasteiger partial charge in [0.25, 0.3) is 0 Å². The van der Waals surface area contributed by atoms with Crippen molar-refractivity contribution in [3.05, 3.63) is 0 Å². The number of nitrogens with one attached hydrogen (secondary N) is 2. The Bertz CT molecular complexity index is 153. The first-order chi connectivity index (χ1) is 7.08. The number of ether oxygens (including phenoxy) is 1. The van der Waals surface area contributed by atoms with Gasteiger partial charge in [0.15, 0.2) is 0 Å². The summed E-state index contributed by atoms with van der Waals surface area (Å²) in [5.41, 5.74) is 0. The van der Waals surface area contributed by atoms with Gasteiger partial charge in [0.1, 0.15) is 0 Å². The molecule has 0 amide bonds. The van der Waals surface area contributed by atoms with Crippen LogP contribution in [0.25, 0.3) is 0 Å². The molecule has 0 unspecified atom stereocenters. The van der Waals surface area contributed by atoms with Gasteiger partial charge in [0.05, 0.1) is 12.2 Å². The van der Waals surface area contributed by atoms with E-state index >= 15 is 0 Å². The Morgan fingerprint density at radius 3 is 1.67 bits per heavy atom. The zero-order valence-corrected chi connectivity index (χ0v) is 10.5. The molecule has 0 radical (unpaired) electrons. The Labute approximate surface area is 94.0 Å². The molecule has 0 aromatic rings. The Hall–Kier alpha value is -0.120. The third kappa shape index (κ3) is 5.50. The van der Waals surface area contributed by atoms with E-state index in [-0.39, 0.29) is 0 Å². The van der Waals surface area contributed by atoms with E-state index < -0.39 is 0 Å². The fourth-order valence-corrected chi connectivity index (χ4v) is 1.81. The summed E-state index contributed by atoms with van der Waals surface area (Å²) in [6, 6.07) is 1.11. The van der Waals surface area contributed by atoms with Gasteiger partial charge >= 0.3 is 0 Å². The molecule has 15 heavy (non-hydrogen) atoms. The molecule has 3 nitrogen and oxygen atoms in total. The molecule has 1 aliphatic rings. The van der Waals surface area contributed by atoms with Crippen molar-refractivity contribution in [1.82, 2.24) is 10.6 Å². The highest BCUT2D eigenvalue weighted by atomic mass is 16.5. The summed E-state index contributed by atoms with van der Waals surface area (Å²) >= 11 is 0. The smallest absolute Gasteiger partial charge is 0.0704 e. The van der Waals surface area contributed by atoms with E-state index in [0.29, 0.717) is 24.3 Å². The van der Waals surface area contributed by atoms with Crippen molar-refractivity contribution >= 4 is 0 Å². The van der Waals surface area contributed by atoms with Crippen LogP contribution in [0.15, 0.2) is 0 Å². The molecule has 0 aromatic carbocycles. The van der Waals surface area contributed by atoms with Crippen LogP contribution < -0.4 is 10.6 Å². The molecule has 90 valence electrons. The molecule has 1 heterocycles. The standard InChI is InChI=1S/C12H26N2O/c1-9(2)13-7-11-5-6-12(15-11)8-14-10(3)4/h9-14H,5-8H2,1-4H3/t11-,12-/m0/s1.